The molecule has 0 aliphatic rings. The first-order chi connectivity index (χ1) is 9.21. The molecule has 1 aromatic carbocycles. The van der Waals surface area contributed by atoms with Crippen molar-refractivity contribution in [2.45, 2.75) is 26.4 Å². The lowest BCUT2D eigenvalue weighted by Gasteiger charge is -2.27. The molecule has 0 fully saturated rings. The van der Waals surface area contributed by atoms with Crippen LogP contribution in [-0.2, 0) is 4.79 Å². The van der Waals surface area contributed by atoms with Crippen molar-refractivity contribution in [3.05, 3.63) is 24.0 Å². The van der Waals surface area contributed by atoms with E-state index in [-0.39, 0.29) is 18.1 Å². The number of hydrogen-bond donors (Lipinski definition) is 3. The molecule has 0 atom stereocenters. The van der Waals surface area contributed by atoms with Crippen LogP contribution in [-0.4, -0.2) is 41.1 Å². The minimum atomic E-state index is -0.864. The van der Waals surface area contributed by atoms with Gasteiger partial charge in [0.2, 0.25) is 5.91 Å². The summed E-state index contributed by atoms with van der Waals surface area (Å²) in [6.07, 6.45) is 0. The van der Waals surface area contributed by atoms with E-state index in [1.807, 2.05) is 11.8 Å². The topological polar surface area (TPSA) is 78.6 Å². The Bertz CT molecular complexity index is 472. The third-order valence-electron chi connectivity index (χ3n) is 2.70. The summed E-state index contributed by atoms with van der Waals surface area (Å²) >= 11 is 0. The van der Waals surface area contributed by atoms with Gasteiger partial charge in [-0.2, -0.15) is 0 Å². The molecular formula is C14H22FN3O2. The molecular weight excluding hydrogens is 261 g/mol. The lowest BCUT2D eigenvalue weighted by Crippen LogP contribution is -2.42. The van der Waals surface area contributed by atoms with E-state index in [0.717, 1.165) is 0 Å². The first kappa shape index (κ1) is 16.4. The summed E-state index contributed by atoms with van der Waals surface area (Å²) in [6.45, 7) is 6.47. The Kier molecular flexibility index (Phi) is 5.47. The van der Waals surface area contributed by atoms with Crippen molar-refractivity contribution in [3.63, 3.8) is 0 Å². The van der Waals surface area contributed by atoms with Gasteiger partial charge in [-0.05, 0) is 38.6 Å². The van der Waals surface area contributed by atoms with E-state index in [9.17, 15) is 14.3 Å². The molecule has 0 aliphatic heterocycles. The second-order valence-corrected chi connectivity index (χ2v) is 5.40. The standard InChI is InChI=1S/C14H22FN3O2/c1-4-18(9-14(2,3)20)8-13(19)17-10-5-6-11(15)12(16)7-10/h5-7,20H,4,8-9,16H2,1-3H3,(H,17,19). The number of nitrogen functional groups attached to an aromatic ring is 1. The zero-order chi connectivity index (χ0) is 15.3. The van der Waals surface area contributed by atoms with E-state index in [1.54, 1.807) is 13.8 Å². The average Bonchev–Trinajstić information content (AvgIpc) is 2.31. The molecule has 0 saturated heterocycles. The van der Waals surface area contributed by atoms with Crippen molar-refractivity contribution in [2.75, 3.05) is 30.7 Å². The number of nitrogens with two attached hydrogens (primary N) is 1. The number of benzene rings is 1. The van der Waals surface area contributed by atoms with Crippen LogP contribution < -0.4 is 11.1 Å². The first-order valence-electron chi connectivity index (χ1n) is 6.51. The SMILES string of the molecule is CCN(CC(=O)Nc1ccc(F)c(N)c1)CC(C)(C)O. The van der Waals surface area contributed by atoms with E-state index < -0.39 is 11.4 Å². The van der Waals surface area contributed by atoms with Crippen LogP contribution >= 0.6 is 0 Å². The molecule has 5 nitrogen and oxygen atoms in total. The summed E-state index contributed by atoms with van der Waals surface area (Å²) in [4.78, 5) is 13.7. The number of rotatable bonds is 6. The van der Waals surface area contributed by atoms with Crippen molar-refractivity contribution in [2.24, 2.45) is 0 Å². The molecule has 0 bridgehead atoms. The van der Waals surface area contributed by atoms with Crippen LogP contribution in [0, 0.1) is 5.82 Å². The van der Waals surface area contributed by atoms with E-state index in [1.165, 1.54) is 18.2 Å². The molecule has 20 heavy (non-hydrogen) atoms. The number of nitrogens with one attached hydrogen (secondary N) is 1. The van der Waals surface area contributed by atoms with Gasteiger partial charge in [-0.1, -0.05) is 6.92 Å². The summed E-state index contributed by atoms with van der Waals surface area (Å²) < 4.78 is 13.0. The van der Waals surface area contributed by atoms with Crippen molar-refractivity contribution >= 4 is 17.3 Å². The van der Waals surface area contributed by atoms with E-state index in [4.69, 9.17) is 5.73 Å². The second kappa shape index (κ2) is 6.67. The zero-order valence-corrected chi connectivity index (χ0v) is 12.1. The number of amides is 1. The third kappa shape index (κ3) is 5.54. The van der Waals surface area contributed by atoms with Crippen LogP contribution in [0.1, 0.15) is 20.8 Å². The van der Waals surface area contributed by atoms with E-state index in [0.29, 0.717) is 18.8 Å². The van der Waals surface area contributed by atoms with Crippen molar-refractivity contribution in [1.29, 1.82) is 0 Å². The summed E-state index contributed by atoms with van der Waals surface area (Å²) in [5, 5.41) is 12.4. The summed E-state index contributed by atoms with van der Waals surface area (Å²) in [5.74, 6) is -0.748. The van der Waals surface area contributed by atoms with Gasteiger partial charge in [0.25, 0.3) is 0 Å². The van der Waals surface area contributed by atoms with Crippen LogP contribution in [0.25, 0.3) is 0 Å². The Morgan fingerprint density at radius 2 is 2.15 bits per heavy atom. The Labute approximate surface area is 118 Å². The maximum Gasteiger partial charge on any atom is 0.238 e. The van der Waals surface area contributed by atoms with Crippen molar-refractivity contribution in [1.82, 2.24) is 4.90 Å². The highest BCUT2D eigenvalue weighted by atomic mass is 19.1. The molecule has 112 valence electrons. The molecule has 6 heteroatoms. The quantitative estimate of drug-likeness (QED) is 0.690. The number of carbonyl (C=O) groups excluding carboxylic acids is 1. The number of halogens is 1. The molecule has 4 N–H and O–H groups in total. The lowest BCUT2D eigenvalue weighted by atomic mass is 10.1. The maximum atomic E-state index is 13.0. The average molecular weight is 283 g/mol. The predicted octanol–water partition coefficient (Wildman–Crippen LogP) is 1.44. The predicted molar refractivity (Wildman–Crippen MR) is 77.9 cm³/mol. The van der Waals surface area contributed by atoms with Crippen LogP contribution in [0.15, 0.2) is 18.2 Å². The van der Waals surface area contributed by atoms with Gasteiger partial charge in [0, 0.05) is 12.2 Å². The highest BCUT2D eigenvalue weighted by molar-refractivity contribution is 5.92. The molecule has 1 aromatic rings. The summed E-state index contributed by atoms with van der Waals surface area (Å²) in [6, 6.07) is 4.04. The molecule has 0 aliphatic carbocycles. The Hall–Kier alpha value is -1.66. The summed E-state index contributed by atoms with van der Waals surface area (Å²) in [5.41, 5.74) is 5.02. The van der Waals surface area contributed by atoms with Gasteiger partial charge < -0.3 is 16.2 Å². The van der Waals surface area contributed by atoms with Crippen LogP contribution in [0.4, 0.5) is 15.8 Å². The number of anilines is 2. The van der Waals surface area contributed by atoms with Gasteiger partial charge in [0.15, 0.2) is 0 Å². The Morgan fingerprint density at radius 1 is 1.50 bits per heavy atom. The fourth-order valence-corrected chi connectivity index (χ4v) is 1.85. The molecule has 0 saturated carbocycles. The highest BCUT2D eigenvalue weighted by Gasteiger charge is 2.19. The number of aliphatic hydroxyl groups is 1. The van der Waals surface area contributed by atoms with Crippen LogP contribution in [0.2, 0.25) is 0 Å². The van der Waals surface area contributed by atoms with Gasteiger partial charge in [-0.15, -0.1) is 0 Å². The second-order valence-electron chi connectivity index (χ2n) is 5.40. The molecule has 0 aromatic heterocycles. The largest absolute Gasteiger partial charge is 0.396 e. The number of hydrogen-bond acceptors (Lipinski definition) is 4. The molecule has 1 rings (SSSR count). The fraction of sp³-hybridized carbons (Fsp3) is 0.500. The maximum absolute atomic E-state index is 13.0. The molecule has 0 spiro atoms. The smallest absolute Gasteiger partial charge is 0.238 e. The third-order valence-corrected chi connectivity index (χ3v) is 2.70. The van der Waals surface area contributed by atoms with Crippen molar-refractivity contribution in [3.8, 4) is 0 Å². The Morgan fingerprint density at radius 3 is 2.65 bits per heavy atom. The van der Waals surface area contributed by atoms with Crippen LogP contribution in [0.5, 0.6) is 0 Å². The lowest BCUT2D eigenvalue weighted by molar-refractivity contribution is -0.117. The molecule has 0 heterocycles. The van der Waals surface area contributed by atoms with Gasteiger partial charge >= 0.3 is 0 Å². The zero-order valence-electron chi connectivity index (χ0n) is 12.1. The van der Waals surface area contributed by atoms with Gasteiger partial charge in [-0.3, -0.25) is 9.69 Å². The van der Waals surface area contributed by atoms with Crippen molar-refractivity contribution < 1.29 is 14.3 Å². The number of nitrogens with zero attached hydrogens (tertiary/aromatic N) is 1. The van der Waals surface area contributed by atoms with Gasteiger partial charge in [-0.25, -0.2) is 4.39 Å². The van der Waals surface area contributed by atoms with Gasteiger partial charge in [0.05, 0.1) is 17.8 Å². The molecule has 1 amide bonds. The minimum Gasteiger partial charge on any atom is -0.396 e. The molecule has 0 radical (unpaired) electrons. The Balaban J connectivity index is 2.59. The van der Waals surface area contributed by atoms with Gasteiger partial charge in [0.1, 0.15) is 5.82 Å². The minimum absolute atomic E-state index is 0.00774. The van der Waals surface area contributed by atoms with Crippen LogP contribution in [0.3, 0.4) is 0 Å². The summed E-state index contributed by atoms with van der Waals surface area (Å²) in [7, 11) is 0. The first-order valence-corrected chi connectivity index (χ1v) is 6.51. The molecule has 0 unspecified atom stereocenters. The van der Waals surface area contributed by atoms with E-state index >= 15 is 0 Å². The normalized spacial score (nSPS) is 11.7. The highest BCUT2D eigenvalue weighted by Crippen LogP contribution is 2.16. The number of carbonyl (C=O) groups is 1. The number of likely N-dealkylation sites (N-methyl/N-ethyl adjacent to an activating group) is 1. The fourth-order valence-electron chi connectivity index (χ4n) is 1.85. The monoisotopic (exact) mass is 283 g/mol. The van der Waals surface area contributed by atoms with E-state index in [2.05, 4.69) is 5.32 Å².